The van der Waals surface area contributed by atoms with E-state index >= 15 is 0 Å². The second-order valence-corrected chi connectivity index (χ2v) is 9.23. The zero-order valence-corrected chi connectivity index (χ0v) is 18.1. The maximum Gasteiger partial charge on any atom is 0.248 e. The summed E-state index contributed by atoms with van der Waals surface area (Å²) in [4.78, 5) is 13.2. The van der Waals surface area contributed by atoms with Gasteiger partial charge < -0.3 is 5.32 Å². The molecule has 0 radical (unpaired) electrons. The number of carbonyl (C=O) groups is 1. The van der Waals surface area contributed by atoms with E-state index in [0.29, 0.717) is 22.8 Å². The summed E-state index contributed by atoms with van der Waals surface area (Å²) in [6.45, 7) is 3.57. The van der Waals surface area contributed by atoms with Crippen LogP contribution in [0.2, 0.25) is 5.02 Å². The predicted octanol–water partition coefficient (Wildman–Crippen LogP) is 4.98. The van der Waals surface area contributed by atoms with Crippen molar-refractivity contribution in [2.24, 2.45) is 0 Å². The molecular weight excluding hydrogens is 408 g/mol. The third kappa shape index (κ3) is 4.54. The van der Waals surface area contributed by atoms with E-state index in [2.05, 4.69) is 5.32 Å². The number of aryl methyl sites for hydroxylation is 1. The maximum atomic E-state index is 13.2. The summed E-state index contributed by atoms with van der Waals surface area (Å²) in [7, 11) is -3.73. The summed E-state index contributed by atoms with van der Waals surface area (Å²) < 4.78 is 26.5. The van der Waals surface area contributed by atoms with Crippen LogP contribution in [0.1, 0.15) is 18.9 Å². The molecule has 3 rings (SSSR count). The Hall–Kier alpha value is -2.57. The van der Waals surface area contributed by atoms with Gasteiger partial charge in [0.2, 0.25) is 15.9 Å². The quantitative estimate of drug-likeness (QED) is 0.599. The largest absolute Gasteiger partial charge is 0.324 e. The molecule has 0 heterocycles. The fraction of sp³-hybridized carbons (Fsp3) is 0.227. The zero-order valence-electron chi connectivity index (χ0n) is 16.5. The highest BCUT2D eigenvalue weighted by molar-refractivity contribution is 7.92. The Labute approximate surface area is 176 Å². The van der Waals surface area contributed by atoms with Crippen molar-refractivity contribution in [2.75, 3.05) is 15.9 Å². The molecule has 0 fully saturated rings. The number of halogens is 1. The van der Waals surface area contributed by atoms with Crippen LogP contribution in [0, 0.1) is 6.92 Å². The molecule has 7 heteroatoms. The van der Waals surface area contributed by atoms with E-state index in [-0.39, 0.29) is 0 Å². The van der Waals surface area contributed by atoms with Gasteiger partial charge in [0.25, 0.3) is 0 Å². The fourth-order valence-electron chi connectivity index (χ4n) is 3.41. The monoisotopic (exact) mass is 430 g/mol. The zero-order chi connectivity index (χ0) is 21.2. The van der Waals surface area contributed by atoms with E-state index in [1.165, 1.54) is 0 Å². The molecule has 1 N–H and O–H groups in total. The van der Waals surface area contributed by atoms with Gasteiger partial charge in [-0.2, -0.15) is 0 Å². The highest BCUT2D eigenvalue weighted by atomic mass is 35.5. The molecule has 1 atom stereocenters. The lowest BCUT2D eigenvalue weighted by Crippen LogP contribution is -2.47. The Morgan fingerprint density at radius 2 is 1.79 bits per heavy atom. The first-order valence-electron chi connectivity index (χ1n) is 9.26. The van der Waals surface area contributed by atoms with Gasteiger partial charge in [-0.15, -0.1) is 0 Å². The van der Waals surface area contributed by atoms with Gasteiger partial charge >= 0.3 is 0 Å². The van der Waals surface area contributed by atoms with E-state index < -0.39 is 22.0 Å². The summed E-state index contributed by atoms with van der Waals surface area (Å²) in [5, 5.41) is 5.20. The normalized spacial score (nSPS) is 12.6. The summed E-state index contributed by atoms with van der Waals surface area (Å²) in [5.41, 5.74) is 1.76. The van der Waals surface area contributed by atoms with Crippen molar-refractivity contribution in [1.82, 2.24) is 0 Å². The lowest BCUT2D eigenvalue weighted by molar-refractivity contribution is -0.117. The van der Waals surface area contributed by atoms with Gasteiger partial charge in [-0.25, -0.2) is 8.42 Å². The number of sulfonamides is 1. The molecule has 0 aliphatic carbocycles. The van der Waals surface area contributed by atoms with E-state index in [0.717, 1.165) is 26.9 Å². The Balaban J connectivity index is 2.03. The van der Waals surface area contributed by atoms with Crippen LogP contribution in [0.5, 0.6) is 0 Å². The maximum absolute atomic E-state index is 13.2. The summed E-state index contributed by atoms with van der Waals surface area (Å²) >= 11 is 6.11. The molecule has 0 aliphatic heterocycles. The SMILES string of the molecule is CCC(C(=O)Nc1cccc2ccccc12)N(c1cc(Cl)ccc1C)S(C)(=O)=O. The van der Waals surface area contributed by atoms with Gasteiger partial charge in [0.1, 0.15) is 6.04 Å². The van der Waals surface area contributed by atoms with E-state index in [9.17, 15) is 13.2 Å². The number of anilines is 2. The molecule has 0 spiro atoms. The molecule has 0 saturated heterocycles. The first kappa shape index (κ1) is 21.1. The van der Waals surface area contributed by atoms with Crippen LogP contribution < -0.4 is 9.62 Å². The van der Waals surface area contributed by atoms with Crippen LogP contribution >= 0.6 is 11.6 Å². The van der Waals surface area contributed by atoms with Gasteiger partial charge in [-0.3, -0.25) is 9.10 Å². The number of carbonyl (C=O) groups excluding carboxylic acids is 1. The van der Waals surface area contributed by atoms with Crippen molar-refractivity contribution in [3.63, 3.8) is 0 Å². The van der Waals surface area contributed by atoms with Crippen LogP contribution in [0.25, 0.3) is 10.8 Å². The summed E-state index contributed by atoms with van der Waals surface area (Å²) in [5.74, 6) is -0.395. The van der Waals surface area contributed by atoms with Crippen LogP contribution in [0.4, 0.5) is 11.4 Å². The number of rotatable bonds is 6. The van der Waals surface area contributed by atoms with Crippen molar-refractivity contribution in [3.8, 4) is 0 Å². The second-order valence-electron chi connectivity index (χ2n) is 6.93. The molecule has 1 unspecified atom stereocenters. The van der Waals surface area contributed by atoms with Crippen molar-refractivity contribution < 1.29 is 13.2 Å². The minimum atomic E-state index is -3.73. The second kappa shape index (κ2) is 8.43. The topological polar surface area (TPSA) is 66.5 Å². The average molecular weight is 431 g/mol. The lowest BCUT2D eigenvalue weighted by Gasteiger charge is -2.31. The van der Waals surface area contributed by atoms with E-state index in [4.69, 9.17) is 11.6 Å². The van der Waals surface area contributed by atoms with Gasteiger partial charge in [0, 0.05) is 16.1 Å². The number of hydrogen-bond donors (Lipinski definition) is 1. The number of nitrogens with zero attached hydrogens (tertiary/aromatic N) is 1. The summed E-state index contributed by atoms with van der Waals surface area (Å²) in [6, 6.07) is 17.4. The molecular formula is C22H23ClN2O3S. The van der Waals surface area contributed by atoms with Crippen molar-refractivity contribution in [1.29, 1.82) is 0 Å². The van der Waals surface area contributed by atoms with Crippen molar-refractivity contribution >= 4 is 49.7 Å². The number of benzene rings is 3. The first-order valence-corrected chi connectivity index (χ1v) is 11.5. The van der Waals surface area contributed by atoms with Crippen LogP contribution in [-0.4, -0.2) is 26.6 Å². The van der Waals surface area contributed by atoms with Crippen LogP contribution in [0.3, 0.4) is 0 Å². The molecule has 0 aliphatic rings. The van der Waals surface area contributed by atoms with E-state index in [1.54, 1.807) is 32.0 Å². The number of nitrogens with one attached hydrogen (secondary N) is 1. The Bertz CT molecular complexity index is 1160. The minimum absolute atomic E-state index is 0.301. The van der Waals surface area contributed by atoms with Gasteiger partial charge in [0.15, 0.2) is 0 Å². The molecule has 3 aromatic carbocycles. The number of hydrogen-bond acceptors (Lipinski definition) is 3. The van der Waals surface area contributed by atoms with E-state index in [1.807, 2.05) is 42.5 Å². The Morgan fingerprint density at radius 3 is 2.48 bits per heavy atom. The first-order chi connectivity index (χ1) is 13.7. The standard InChI is InChI=1S/C22H23ClN2O3S/c1-4-20(25(29(3,27)28)21-14-17(23)13-12-15(21)2)22(26)24-19-11-7-9-16-8-5-6-10-18(16)19/h5-14,20H,4H2,1-3H3,(H,24,26). The number of amides is 1. The van der Waals surface area contributed by atoms with Gasteiger partial charge in [0.05, 0.1) is 11.9 Å². The van der Waals surface area contributed by atoms with Crippen molar-refractivity contribution in [2.45, 2.75) is 26.3 Å². The van der Waals surface area contributed by atoms with Crippen LogP contribution in [-0.2, 0) is 14.8 Å². The summed E-state index contributed by atoms with van der Waals surface area (Å²) in [6.07, 6.45) is 1.40. The van der Waals surface area contributed by atoms with Crippen LogP contribution in [0.15, 0.2) is 60.7 Å². The van der Waals surface area contributed by atoms with Gasteiger partial charge in [-0.05, 0) is 42.5 Å². The highest BCUT2D eigenvalue weighted by Crippen LogP contribution is 2.30. The molecule has 5 nitrogen and oxygen atoms in total. The molecule has 0 aromatic heterocycles. The molecule has 1 amide bonds. The number of fused-ring (bicyclic) bond motifs is 1. The predicted molar refractivity (Wildman–Crippen MR) is 120 cm³/mol. The minimum Gasteiger partial charge on any atom is -0.324 e. The molecule has 3 aromatic rings. The fourth-order valence-corrected chi connectivity index (χ4v) is 4.83. The molecule has 0 bridgehead atoms. The molecule has 0 saturated carbocycles. The third-order valence-corrected chi connectivity index (χ3v) is 6.19. The van der Waals surface area contributed by atoms with Crippen molar-refractivity contribution in [3.05, 3.63) is 71.2 Å². The molecule has 152 valence electrons. The molecule has 29 heavy (non-hydrogen) atoms. The Kier molecular flexibility index (Phi) is 6.15. The smallest absolute Gasteiger partial charge is 0.248 e. The average Bonchev–Trinajstić information content (AvgIpc) is 2.67. The lowest BCUT2D eigenvalue weighted by atomic mass is 10.1. The third-order valence-electron chi connectivity index (χ3n) is 4.79. The highest BCUT2D eigenvalue weighted by Gasteiger charge is 2.32. The Morgan fingerprint density at radius 1 is 1.10 bits per heavy atom. The van der Waals surface area contributed by atoms with Gasteiger partial charge in [-0.1, -0.05) is 61.0 Å².